The minimum absolute atomic E-state index is 0.0493. The van der Waals surface area contributed by atoms with Gasteiger partial charge in [-0.05, 0) is 57.2 Å². The summed E-state index contributed by atoms with van der Waals surface area (Å²) in [6, 6.07) is 2.01. The van der Waals surface area contributed by atoms with Gasteiger partial charge < -0.3 is 10.6 Å². The maximum Gasteiger partial charge on any atom is 0.247 e. The molecule has 0 aliphatic heterocycles. The largest absolute Gasteiger partial charge is 0.347 e. The van der Waals surface area contributed by atoms with E-state index in [1.807, 2.05) is 26.8 Å². The van der Waals surface area contributed by atoms with Crippen molar-refractivity contribution in [2.45, 2.75) is 85.6 Å². The number of aryl methyl sites for hydroxylation is 1. The van der Waals surface area contributed by atoms with Gasteiger partial charge in [0.05, 0.1) is 11.1 Å². The van der Waals surface area contributed by atoms with Crippen LogP contribution in [0.15, 0.2) is 35.3 Å². The molecule has 1 atom stereocenters. The van der Waals surface area contributed by atoms with Crippen molar-refractivity contribution in [1.82, 2.24) is 15.3 Å². The molecule has 1 aliphatic rings. The van der Waals surface area contributed by atoms with Gasteiger partial charge in [-0.2, -0.15) is 0 Å². The molecule has 1 unspecified atom stereocenters. The Balaban J connectivity index is 1.87. The normalized spacial score (nSPS) is 17.9. The maximum atomic E-state index is 13.2. The second kappa shape index (κ2) is 10.6. The minimum Gasteiger partial charge on any atom is -0.347 e. The molecule has 2 aromatic heterocycles. The molecule has 0 aromatic carbocycles. The van der Waals surface area contributed by atoms with Crippen LogP contribution in [0.2, 0.25) is 0 Å². The second-order valence-corrected chi connectivity index (χ2v) is 10.6. The summed E-state index contributed by atoms with van der Waals surface area (Å²) in [4.78, 5) is 36.3. The van der Waals surface area contributed by atoms with Crippen LogP contribution in [0.4, 0.5) is 5.82 Å². The number of hydrogen-bond donors (Lipinski definition) is 2. The molecule has 1 fully saturated rings. The van der Waals surface area contributed by atoms with E-state index in [4.69, 9.17) is 0 Å². The van der Waals surface area contributed by atoms with Gasteiger partial charge in [-0.25, -0.2) is 9.97 Å². The number of hydrogen-bond acceptors (Lipinski definition) is 6. The van der Waals surface area contributed by atoms with Crippen LogP contribution in [0.1, 0.15) is 78.0 Å². The van der Waals surface area contributed by atoms with E-state index in [-0.39, 0.29) is 17.2 Å². The summed E-state index contributed by atoms with van der Waals surface area (Å²) in [6.45, 7) is 11.7. The van der Waals surface area contributed by atoms with E-state index in [0.29, 0.717) is 23.0 Å². The smallest absolute Gasteiger partial charge is 0.247 e. The van der Waals surface area contributed by atoms with Gasteiger partial charge in [0.25, 0.3) is 0 Å². The number of Topliss-reactive ketones (excluding diaryl/α,β-unsaturated/α-hetero) is 1. The van der Waals surface area contributed by atoms with Crippen LogP contribution in [-0.4, -0.2) is 27.2 Å². The summed E-state index contributed by atoms with van der Waals surface area (Å²) in [5.74, 6) is 0.851. The first-order chi connectivity index (χ1) is 15.7. The van der Waals surface area contributed by atoms with Crippen molar-refractivity contribution in [3.63, 3.8) is 0 Å². The number of allylic oxidation sites excluding steroid dienone is 3. The zero-order chi connectivity index (χ0) is 24.2. The number of carbonyl (C=O) groups excluding carboxylic acids is 2. The molecule has 1 amide bonds. The van der Waals surface area contributed by atoms with Crippen LogP contribution in [0.5, 0.6) is 0 Å². The lowest BCUT2D eigenvalue weighted by molar-refractivity contribution is -0.120. The molecule has 7 heteroatoms. The Morgan fingerprint density at radius 2 is 1.88 bits per heavy atom. The summed E-state index contributed by atoms with van der Waals surface area (Å²) in [7, 11) is 0. The summed E-state index contributed by atoms with van der Waals surface area (Å²) in [6.07, 6.45) is 9.88. The number of amides is 1. The highest BCUT2D eigenvalue weighted by atomic mass is 32.1. The van der Waals surface area contributed by atoms with Crippen molar-refractivity contribution in [2.75, 3.05) is 5.32 Å². The lowest BCUT2D eigenvalue weighted by Gasteiger charge is -2.43. The van der Waals surface area contributed by atoms with E-state index >= 15 is 0 Å². The Morgan fingerprint density at radius 1 is 1.18 bits per heavy atom. The maximum absolute atomic E-state index is 13.2. The highest BCUT2D eigenvalue weighted by molar-refractivity contribution is 7.18. The van der Waals surface area contributed by atoms with Crippen molar-refractivity contribution in [3.8, 4) is 0 Å². The molecular weight excluding hydrogens is 432 g/mol. The fourth-order valence-corrected chi connectivity index (χ4v) is 5.41. The number of thiophene rings is 1. The first-order valence-corrected chi connectivity index (χ1v) is 12.7. The molecule has 0 radical (unpaired) electrons. The highest BCUT2D eigenvalue weighted by Crippen LogP contribution is 2.36. The molecule has 0 spiro atoms. The summed E-state index contributed by atoms with van der Waals surface area (Å²) in [5.41, 5.74) is 1.65. The SMILES string of the molecule is CCC(C)C1(NC(=O)/C(C)=C(C)/C=C(/Nc2ncnc3sc(C)cc23)C(C)=O)CCCCC1. The standard InChI is InChI=1S/C26H36N4O2S/c1-7-17(3)26(11-9-8-10-12-26)30-24(32)19(5)16(2)13-22(20(6)31)29-23-21-14-18(4)33-25(21)28-15-27-23/h13-15,17H,7-12H2,1-6H3,(H,30,32)(H,27,28,29)/b19-16+,22-13+. The van der Waals surface area contributed by atoms with Gasteiger partial charge in [-0.3, -0.25) is 9.59 Å². The van der Waals surface area contributed by atoms with Crippen LogP contribution in [-0.2, 0) is 9.59 Å². The topological polar surface area (TPSA) is 84.0 Å². The molecule has 2 heterocycles. The number of rotatable bonds is 8. The van der Waals surface area contributed by atoms with Gasteiger partial charge in [0.1, 0.15) is 17.0 Å². The molecule has 0 bridgehead atoms. The second-order valence-electron chi connectivity index (χ2n) is 9.33. The lowest BCUT2D eigenvalue weighted by Crippen LogP contribution is -2.54. The Labute approximate surface area is 201 Å². The van der Waals surface area contributed by atoms with Crippen LogP contribution in [0, 0.1) is 12.8 Å². The monoisotopic (exact) mass is 468 g/mol. The Morgan fingerprint density at radius 3 is 2.52 bits per heavy atom. The fraction of sp³-hybridized carbons (Fsp3) is 0.538. The minimum atomic E-state index is -0.139. The van der Waals surface area contributed by atoms with E-state index in [0.717, 1.165) is 52.8 Å². The zero-order valence-electron chi connectivity index (χ0n) is 20.7. The predicted octanol–water partition coefficient (Wildman–Crippen LogP) is 6.09. The van der Waals surface area contributed by atoms with E-state index in [9.17, 15) is 9.59 Å². The lowest BCUT2D eigenvalue weighted by atomic mass is 9.72. The Bertz CT molecular complexity index is 1090. The highest BCUT2D eigenvalue weighted by Gasteiger charge is 2.38. The first kappa shape index (κ1) is 25.1. The third-order valence-electron chi connectivity index (χ3n) is 7.04. The van der Waals surface area contributed by atoms with E-state index < -0.39 is 0 Å². The molecule has 6 nitrogen and oxygen atoms in total. The quantitative estimate of drug-likeness (QED) is 0.362. The molecule has 3 rings (SSSR count). The van der Waals surface area contributed by atoms with Gasteiger partial charge in [0.2, 0.25) is 5.91 Å². The predicted molar refractivity (Wildman–Crippen MR) is 136 cm³/mol. The Hall–Kier alpha value is -2.54. The molecule has 178 valence electrons. The van der Waals surface area contributed by atoms with E-state index in [1.165, 1.54) is 19.7 Å². The van der Waals surface area contributed by atoms with Gasteiger partial charge >= 0.3 is 0 Å². The fourth-order valence-electron chi connectivity index (χ4n) is 4.57. The molecule has 2 aromatic rings. The van der Waals surface area contributed by atoms with Crippen LogP contribution in [0.25, 0.3) is 10.2 Å². The molecule has 0 saturated heterocycles. The van der Waals surface area contributed by atoms with Crippen molar-refractivity contribution in [1.29, 1.82) is 0 Å². The molecule has 1 aliphatic carbocycles. The van der Waals surface area contributed by atoms with Crippen LogP contribution in [0.3, 0.4) is 0 Å². The average molecular weight is 469 g/mol. The summed E-state index contributed by atoms with van der Waals surface area (Å²) >= 11 is 1.59. The first-order valence-electron chi connectivity index (χ1n) is 11.9. The summed E-state index contributed by atoms with van der Waals surface area (Å²) in [5, 5.41) is 7.45. The van der Waals surface area contributed by atoms with Crippen molar-refractivity contribution >= 4 is 39.1 Å². The molecule has 2 N–H and O–H groups in total. The van der Waals surface area contributed by atoms with E-state index in [1.54, 1.807) is 17.4 Å². The van der Waals surface area contributed by atoms with Gasteiger partial charge in [0, 0.05) is 22.9 Å². The number of anilines is 1. The number of nitrogens with zero attached hydrogens (tertiary/aromatic N) is 2. The van der Waals surface area contributed by atoms with Gasteiger partial charge in [-0.15, -0.1) is 11.3 Å². The number of aromatic nitrogens is 2. The van der Waals surface area contributed by atoms with Crippen molar-refractivity contribution in [3.05, 3.63) is 40.2 Å². The van der Waals surface area contributed by atoms with Crippen molar-refractivity contribution in [2.24, 2.45) is 5.92 Å². The molecule has 1 saturated carbocycles. The van der Waals surface area contributed by atoms with Gasteiger partial charge in [0.15, 0.2) is 5.78 Å². The molecule has 33 heavy (non-hydrogen) atoms. The van der Waals surface area contributed by atoms with E-state index in [2.05, 4.69) is 34.4 Å². The number of nitrogens with one attached hydrogen (secondary N) is 2. The zero-order valence-corrected chi connectivity index (χ0v) is 21.5. The number of fused-ring (bicyclic) bond motifs is 1. The van der Waals surface area contributed by atoms with Gasteiger partial charge in [-0.1, -0.05) is 39.5 Å². The average Bonchev–Trinajstić information content (AvgIpc) is 3.18. The van der Waals surface area contributed by atoms with Crippen LogP contribution >= 0.6 is 11.3 Å². The number of carbonyl (C=O) groups is 2. The third-order valence-corrected chi connectivity index (χ3v) is 8.00. The third kappa shape index (κ3) is 5.69. The molecular formula is C26H36N4O2S. The van der Waals surface area contributed by atoms with Crippen molar-refractivity contribution < 1.29 is 9.59 Å². The summed E-state index contributed by atoms with van der Waals surface area (Å²) < 4.78 is 0. The number of ketones is 1. The Kier molecular flexibility index (Phi) is 8.05. The van der Waals surface area contributed by atoms with Crippen LogP contribution < -0.4 is 10.6 Å².